The average Bonchev–Trinajstić information content (AvgIpc) is 2.69. The minimum atomic E-state index is 0. The van der Waals surface area contributed by atoms with Crippen LogP contribution in [0.1, 0.15) is 12.8 Å². The third-order valence-electron chi connectivity index (χ3n) is 4.05. The number of aliphatic imine (C=N–C) groups is 1. The normalized spacial score (nSPS) is 22.7. The van der Waals surface area contributed by atoms with Gasteiger partial charge in [-0.3, -0.25) is 4.99 Å². The van der Waals surface area contributed by atoms with E-state index in [1.807, 2.05) is 0 Å². The Morgan fingerprint density at radius 1 is 1.10 bits per heavy atom. The van der Waals surface area contributed by atoms with Crippen LogP contribution < -0.4 is 5.73 Å². The van der Waals surface area contributed by atoms with Crippen LogP contribution in [-0.2, 0) is 4.74 Å². The van der Waals surface area contributed by atoms with Gasteiger partial charge in [0.05, 0.1) is 13.2 Å². The van der Waals surface area contributed by atoms with Gasteiger partial charge in [0, 0.05) is 32.7 Å². The SMILES string of the molecule is CN1CCCN(CCCN=C(N)N2CCOCC2)CC1.I. The number of guanidine groups is 1. The summed E-state index contributed by atoms with van der Waals surface area (Å²) in [5, 5.41) is 0. The van der Waals surface area contributed by atoms with E-state index in [4.69, 9.17) is 10.5 Å². The lowest BCUT2D eigenvalue weighted by molar-refractivity contribution is 0.0674. The van der Waals surface area contributed by atoms with E-state index in [1.165, 1.54) is 32.6 Å². The van der Waals surface area contributed by atoms with Crippen LogP contribution in [-0.4, -0.2) is 93.3 Å². The van der Waals surface area contributed by atoms with E-state index >= 15 is 0 Å². The van der Waals surface area contributed by atoms with Crippen molar-refractivity contribution in [3.8, 4) is 0 Å². The van der Waals surface area contributed by atoms with Gasteiger partial charge in [0.2, 0.25) is 0 Å². The van der Waals surface area contributed by atoms with Gasteiger partial charge in [0.25, 0.3) is 0 Å². The van der Waals surface area contributed by atoms with Crippen molar-refractivity contribution < 1.29 is 4.74 Å². The van der Waals surface area contributed by atoms with Crippen molar-refractivity contribution in [3.05, 3.63) is 0 Å². The molecule has 0 amide bonds. The number of ether oxygens (including phenoxy) is 1. The zero-order valence-electron chi connectivity index (χ0n) is 13.2. The molecule has 0 aromatic rings. The van der Waals surface area contributed by atoms with Gasteiger partial charge in [-0.1, -0.05) is 0 Å². The van der Waals surface area contributed by atoms with E-state index in [0.717, 1.165) is 45.8 Å². The Morgan fingerprint density at radius 2 is 1.86 bits per heavy atom. The van der Waals surface area contributed by atoms with Gasteiger partial charge in [-0.05, 0) is 39.5 Å². The Kier molecular flexibility index (Phi) is 9.54. The highest BCUT2D eigenvalue weighted by atomic mass is 127. The Balaban J connectivity index is 0.00000220. The largest absolute Gasteiger partial charge is 0.378 e. The van der Waals surface area contributed by atoms with Crippen LogP contribution in [0.5, 0.6) is 0 Å². The van der Waals surface area contributed by atoms with Crippen molar-refractivity contribution in [1.82, 2.24) is 14.7 Å². The van der Waals surface area contributed by atoms with Gasteiger partial charge >= 0.3 is 0 Å². The minimum absolute atomic E-state index is 0. The molecular weight excluding hydrogens is 381 g/mol. The molecule has 2 rings (SSSR count). The molecule has 6 nitrogen and oxygen atoms in total. The number of rotatable bonds is 4. The van der Waals surface area contributed by atoms with Crippen LogP contribution in [0.2, 0.25) is 0 Å². The lowest BCUT2D eigenvalue weighted by Gasteiger charge is -2.27. The van der Waals surface area contributed by atoms with Crippen LogP contribution in [0.25, 0.3) is 0 Å². The molecule has 2 aliphatic heterocycles. The highest BCUT2D eigenvalue weighted by Gasteiger charge is 2.13. The van der Waals surface area contributed by atoms with Crippen molar-refractivity contribution in [2.24, 2.45) is 10.7 Å². The Morgan fingerprint density at radius 3 is 2.62 bits per heavy atom. The third-order valence-corrected chi connectivity index (χ3v) is 4.05. The topological polar surface area (TPSA) is 57.3 Å². The first-order valence-corrected chi connectivity index (χ1v) is 7.79. The molecule has 0 radical (unpaired) electrons. The number of nitrogens with zero attached hydrogens (tertiary/aromatic N) is 4. The number of nitrogens with two attached hydrogens (primary N) is 1. The maximum atomic E-state index is 6.01. The van der Waals surface area contributed by atoms with Crippen molar-refractivity contribution >= 4 is 29.9 Å². The number of hydrogen-bond acceptors (Lipinski definition) is 4. The molecule has 124 valence electrons. The lowest BCUT2D eigenvalue weighted by Crippen LogP contribution is -2.44. The van der Waals surface area contributed by atoms with Crippen molar-refractivity contribution in [2.75, 3.05) is 72.6 Å². The van der Waals surface area contributed by atoms with E-state index in [9.17, 15) is 0 Å². The molecule has 7 heteroatoms. The molecule has 0 saturated carbocycles. The smallest absolute Gasteiger partial charge is 0.191 e. The monoisotopic (exact) mass is 411 g/mol. The predicted molar refractivity (Wildman–Crippen MR) is 97.5 cm³/mol. The average molecular weight is 411 g/mol. The minimum Gasteiger partial charge on any atom is -0.378 e. The van der Waals surface area contributed by atoms with Crippen LogP contribution in [0, 0.1) is 0 Å². The van der Waals surface area contributed by atoms with Crippen LogP contribution in [0.4, 0.5) is 0 Å². The quantitative estimate of drug-likeness (QED) is 0.312. The van der Waals surface area contributed by atoms with Gasteiger partial charge in [-0.15, -0.1) is 24.0 Å². The molecule has 2 heterocycles. The van der Waals surface area contributed by atoms with E-state index in [0.29, 0.717) is 5.96 Å². The highest BCUT2D eigenvalue weighted by molar-refractivity contribution is 14.0. The van der Waals surface area contributed by atoms with E-state index < -0.39 is 0 Å². The van der Waals surface area contributed by atoms with E-state index in [2.05, 4.69) is 26.7 Å². The molecule has 2 fully saturated rings. The fourth-order valence-electron chi connectivity index (χ4n) is 2.70. The molecule has 2 N–H and O–H groups in total. The van der Waals surface area contributed by atoms with E-state index in [1.54, 1.807) is 0 Å². The standard InChI is InChI=1S/C14H29N5O.HI/c1-17-5-3-7-18(9-8-17)6-2-4-16-14(15)19-10-12-20-13-11-19;/h2-13H2,1H3,(H2,15,16);1H. The predicted octanol–water partition coefficient (Wildman–Crippen LogP) is 0.279. The Hall–Kier alpha value is -0.120. The molecule has 0 atom stereocenters. The molecule has 2 aliphatic rings. The second-order valence-corrected chi connectivity index (χ2v) is 5.69. The molecule has 2 saturated heterocycles. The molecule has 0 aliphatic carbocycles. The maximum Gasteiger partial charge on any atom is 0.191 e. The van der Waals surface area contributed by atoms with Crippen LogP contribution >= 0.6 is 24.0 Å². The molecule has 0 aromatic carbocycles. The number of halogens is 1. The van der Waals surface area contributed by atoms with Crippen molar-refractivity contribution in [1.29, 1.82) is 0 Å². The number of morpholine rings is 1. The summed E-state index contributed by atoms with van der Waals surface area (Å²) in [7, 11) is 2.21. The van der Waals surface area contributed by atoms with Crippen molar-refractivity contribution in [2.45, 2.75) is 12.8 Å². The van der Waals surface area contributed by atoms with Crippen molar-refractivity contribution in [3.63, 3.8) is 0 Å². The Labute approximate surface area is 145 Å². The zero-order chi connectivity index (χ0) is 14.2. The van der Waals surface area contributed by atoms with Gasteiger partial charge < -0.3 is 25.2 Å². The fourth-order valence-corrected chi connectivity index (χ4v) is 2.70. The molecule has 0 spiro atoms. The summed E-state index contributed by atoms with van der Waals surface area (Å²) >= 11 is 0. The second kappa shape index (κ2) is 10.6. The van der Waals surface area contributed by atoms with E-state index in [-0.39, 0.29) is 24.0 Å². The molecule has 0 unspecified atom stereocenters. The summed E-state index contributed by atoms with van der Waals surface area (Å²) in [6.07, 6.45) is 2.37. The first kappa shape index (κ1) is 18.9. The van der Waals surface area contributed by atoms with Gasteiger partial charge in [-0.2, -0.15) is 0 Å². The summed E-state index contributed by atoms with van der Waals surface area (Å²) in [6.45, 7) is 10.0. The Bertz CT molecular complexity index is 310. The highest BCUT2D eigenvalue weighted by Crippen LogP contribution is 2.02. The fraction of sp³-hybridized carbons (Fsp3) is 0.929. The zero-order valence-corrected chi connectivity index (χ0v) is 15.5. The molecule has 0 aromatic heterocycles. The maximum absolute atomic E-state index is 6.01. The lowest BCUT2D eigenvalue weighted by atomic mass is 10.3. The van der Waals surface area contributed by atoms with Crippen LogP contribution in [0.3, 0.4) is 0 Å². The number of hydrogen-bond donors (Lipinski definition) is 1. The first-order valence-electron chi connectivity index (χ1n) is 7.79. The van der Waals surface area contributed by atoms with Crippen LogP contribution in [0.15, 0.2) is 4.99 Å². The van der Waals surface area contributed by atoms with Gasteiger partial charge in [0.1, 0.15) is 0 Å². The summed E-state index contributed by atoms with van der Waals surface area (Å²) < 4.78 is 5.31. The first-order chi connectivity index (χ1) is 9.75. The summed E-state index contributed by atoms with van der Waals surface area (Å²) in [5.74, 6) is 0.684. The number of likely N-dealkylation sites (N-methyl/N-ethyl adjacent to an activating group) is 1. The summed E-state index contributed by atoms with van der Waals surface area (Å²) in [6, 6.07) is 0. The molecule has 21 heavy (non-hydrogen) atoms. The summed E-state index contributed by atoms with van der Waals surface area (Å²) in [5.41, 5.74) is 6.01. The summed E-state index contributed by atoms with van der Waals surface area (Å²) in [4.78, 5) is 11.6. The van der Waals surface area contributed by atoms with Gasteiger partial charge in [-0.25, -0.2) is 0 Å². The second-order valence-electron chi connectivity index (χ2n) is 5.69. The molecule has 0 bridgehead atoms. The van der Waals surface area contributed by atoms with Gasteiger partial charge in [0.15, 0.2) is 5.96 Å². The third kappa shape index (κ3) is 7.12. The molecular formula is C14H30IN5O.